The summed E-state index contributed by atoms with van der Waals surface area (Å²) in [7, 11) is 6.35. The molecule has 8 aromatic rings. The van der Waals surface area contributed by atoms with Crippen LogP contribution in [0.4, 0.5) is 5.69 Å². The standard InChI is InChI=1S/C63H56N2O11/c1-70-48-28-20-42(21-29-48)62(41-14-8-5-9-15-41,43-22-30-49(71-2)31-23-43)65-60(68)54-37-47(64-58(67)40-74-52-18-12-7-13-19-52)36-53(59(54)61(65)69)56-38-55(66)57(76-56)39-75-63(44-16-10-6-11-17-44,45-24-32-50(72-3)33-25-45)46-26-34-51(73-4)35-27-46/h5-37,55-57,66H,38-40H2,1-4H3,(H,64,67)/t55-,56+,57+/m0/s1. The highest BCUT2D eigenvalue weighted by Crippen LogP contribution is 2.50. The van der Waals surface area contributed by atoms with Gasteiger partial charge < -0.3 is 43.6 Å². The van der Waals surface area contributed by atoms with Crippen molar-refractivity contribution in [3.05, 3.63) is 250 Å². The molecular formula is C63H56N2O11. The lowest BCUT2D eigenvalue weighted by Crippen LogP contribution is -2.51. The van der Waals surface area contributed by atoms with Crippen molar-refractivity contribution in [2.45, 2.75) is 35.9 Å². The van der Waals surface area contributed by atoms with E-state index in [4.69, 9.17) is 33.2 Å². The largest absolute Gasteiger partial charge is 0.497 e. The fourth-order valence-electron chi connectivity index (χ4n) is 10.5. The van der Waals surface area contributed by atoms with Crippen LogP contribution in [-0.4, -0.2) is 81.6 Å². The first-order valence-electron chi connectivity index (χ1n) is 24.8. The number of benzene rings is 8. The van der Waals surface area contributed by atoms with E-state index >= 15 is 9.59 Å². The molecule has 1 fully saturated rings. The maximum absolute atomic E-state index is 16.0. The molecule has 76 heavy (non-hydrogen) atoms. The summed E-state index contributed by atoms with van der Waals surface area (Å²) in [6.07, 6.45) is -3.00. The highest BCUT2D eigenvalue weighted by atomic mass is 16.6. The maximum atomic E-state index is 16.0. The number of imide groups is 1. The molecule has 0 aliphatic carbocycles. The van der Waals surface area contributed by atoms with Crippen molar-refractivity contribution >= 4 is 23.4 Å². The van der Waals surface area contributed by atoms with Crippen molar-refractivity contribution < 1.29 is 52.6 Å². The molecule has 3 amide bonds. The molecule has 2 N–H and O–H groups in total. The number of rotatable bonds is 19. The Morgan fingerprint density at radius 2 is 1.00 bits per heavy atom. The molecule has 384 valence electrons. The Kier molecular flexibility index (Phi) is 14.7. The highest BCUT2D eigenvalue weighted by molar-refractivity contribution is 6.23. The first-order valence-corrected chi connectivity index (χ1v) is 24.8. The second-order valence-corrected chi connectivity index (χ2v) is 18.4. The minimum absolute atomic E-state index is 0.0145. The van der Waals surface area contributed by atoms with Crippen LogP contribution >= 0.6 is 0 Å². The van der Waals surface area contributed by atoms with Gasteiger partial charge in [-0.2, -0.15) is 0 Å². The predicted molar refractivity (Wildman–Crippen MR) is 286 cm³/mol. The van der Waals surface area contributed by atoms with E-state index in [9.17, 15) is 9.90 Å². The van der Waals surface area contributed by atoms with E-state index in [1.54, 1.807) is 83.0 Å². The number of carbonyl (C=O) groups excluding carboxylic acids is 3. The van der Waals surface area contributed by atoms with Crippen LogP contribution in [0.3, 0.4) is 0 Å². The number of fused-ring (bicyclic) bond motifs is 1. The third-order valence-corrected chi connectivity index (χ3v) is 14.2. The predicted octanol–water partition coefficient (Wildman–Crippen LogP) is 10.5. The average Bonchev–Trinajstić information content (AvgIpc) is 4.04. The minimum Gasteiger partial charge on any atom is -0.497 e. The quantitative estimate of drug-likeness (QED) is 0.0588. The van der Waals surface area contributed by atoms with Gasteiger partial charge in [-0.15, -0.1) is 0 Å². The SMILES string of the molecule is COc1ccc(C(OC[C@H]2O[C@@H](c3cc(NC(=O)COc4ccccc4)cc4c3C(=O)N(C(c3ccccc3)(c3ccc(OC)cc3)c3ccc(OC)cc3)C4=O)C[C@@H]2O)(c2ccccc2)c2ccc(OC)cc2)cc1. The van der Waals surface area contributed by atoms with Gasteiger partial charge in [0.1, 0.15) is 46.0 Å². The van der Waals surface area contributed by atoms with E-state index in [1.807, 2.05) is 140 Å². The Morgan fingerprint density at radius 1 is 0.566 bits per heavy atom. The average molecular weight is 1020 g/mol. The Balaban J connectivity index is 1.08. The van der Waals surface area contributed by atoms with E-state index in [-0.39, 0.29) is 36.4 Å². The minimum atomic E-state index is -1.58. The first-order chi connectivity index (χ1) is 37.1. The molecule has 0 radical (unpaired) electrons. The van der Waals surface area contributed by atoms with Gasteiger partial charge in [0.15, 0.2) is 6.61 Å². The Morgan fingerprint density at radius 3 is 1.49 bits per heavy atom. The summed E-state index contributed by atoms with van der Waals surface area (Å²) in [5, 5.41) is 15.0. The fraction of sp³-hybridized carbons (Fsp3) is 0.190. The third kappa shape index (κ3) is 9.52. The molecule has 13 nitrogen and oxygen atoms in total. The van der Waals surface area contributed by atoms with Gasteiger partial charge in [-0.1, -0.05) is 127 Å². The number of ether oxygens (including phenoxy) is 7. The molecule has 1 saturated heterocycles. The molecule has 0 saturated carbocycles. The number of aliphatic hydroxyl groups is 1. The molecule has 2 heterocycles. The smallest absolute Gasteiger partial charge is 0.263 e. The van der Waals surface area contributed by atoms with Crippen LogP contribution in [0, 0.1) is 0 Å². The molecule has 2 aliphatic rings. The molecule has 3 atom stereocenters. The number of nitrogens with one attached hydrogen (secondary N) is 1. The van der Waals surface area contributed by atoms with Gasteiger partial charge in [-0.25, -0.2) is 0 Å². The van der Waals surface area contributed by atoms with Crippen molar-refractivity contribution in [2.75, 3.05) is 47.0 Å². The second kappa shape index (κ2) is 22.0. The number of aliphatic hydroxyl groups excluding tert-OH is 1. The van der Waals surface area contributed by atoms with Crippen LogP contribution in [-0.2, 0) is 25.4 Å². The Labute approximate surface area is 441 Å². The van der Waals surface area contributed by atoms with Crippen LogP contribution in [0.2, 0.25) is 0 Å². The van der Waals surface area contributed by atoms with Gasteiger partial charge in [0.2, 0.25) is 0 Å². The number of para-hydroxylation sites is 1. The molecule has 0 bridgehead atoms. The van der Waals surface area contributed by atoms with Crippen molar-refractivity contribution in [1.29, 1.82) is 0 Å². The van der Waals surface area contributed by atoms with Gasteiger partial charge in [-0.05, 0) is 112 Å². The van der Waals surface area contributed by atoms with Gasteiger partial charge in [0, 0.05) is 12.1 Å². The van der Waals surface area contributed by atoms with E-state index in [1.165, 1.54) is 11.0 Å². The number of hydrogen-bond donors (Lipinski definition) is 2. The molecule has 0 spiro atoms. The van der Waals surface area contributed by atoms with Crippen molar-refractivity contribution in [1.82, 2.24) is 4.90 Å². The van der Waals surface area contributed by atoms with E-state index in [2.05, 4.69) is 5.32 Å². The van der Waals surface area contributed by atoms with Crippen LogP contribution in [0.5, 0.6) is 28.7 Å². The summed E-state index contributed by atoms with van der Waals surface area (Å²) >= 11 is 0. The molecular weight excluding hydrogens is 961 g/mol. The number of methoxy groups -OCH3 is 4. The van der Waals surface area contributed by atoms with Gasteiger partial charge in [0.05, 0.1) is 58.4 Å². The fourth-order valence-corrected chi connectivity index (χ4v) is 10.5. The zero-order valence-electron chi connectivity index (χ0n) is 42.4. The second-order valence-electron chi connectivity index (χ2n) is 18.4. The van der Waals surface area contributed by atoms with Gasteiger partial charge in [-0.3, -0.25) is 19.3 Å². The van der Waals surface area contributed by atoms with E-state index < -0.39 is 47.2 Å². The summed E-state index contributed by atoms with van der Waals surface area (Å²) in [5.41, 5.74) is 1.98. The van der Waals surface area contributed by atoms with E-state index in [0.717, 1.165) is 16.7 Å². The number of anilines is 1. The van der Waals surface area contributed by atoms with Crippen molar-refractivity contribution in [2.24, 2.45) is 0 Å². The highest BCUT2D eigenvalue weighted by Gasteiger charge is 2.54. The summed E-state index contributed by atoms with van der Waals surface area (Å²) in [4.78, 5) is 46.7. The monoisotopic (exact) mass is 1020 g/mol. The molecule has 0 unspecified atom stereocenters. The number of nitrogens with zero attached hydrogens (tertiary/aromatic N) is 1. The Bertz CT molecular complexity index is 3210. The van der Waals surface area contributed by atoms with Crippen LogP contribution in [0.1, 0.15) is 72.2 Å². The number of amides is 3. The van der Waals surface area contributed by atoms with Gasteiger partial charge in [0.25, 0.3) is 17.7 Å². The number of carbonyl (C=O) groups is 3. The zero-order valence-corrected chi connectivity index (χ0v) is 42.4. The lowest BCUT2D eigenvalue weighted by molar-refractivity contribution is -0.118. The molecule has 2 aliphatic heterocycles. The third-order valence-electron chi connectivity index (χ3n) is 14.2. The summed E-state index contributed by atoms with van der Waals surface area (Å²) in [6, 6.07) is 61.0. The molecule has 0 aromatic heterocycles. The van der Waals surface area contributed by atoms with Crippen molar-refractivity contribution in [3.63, 3.8) is 0 Å². The normalized spacial score (nSPS) is 16.2. The lowest BCUT2D eigenvalue weighted by atomic mass is 9.75. The van der Waals surface area contributed by atoms with Crippen LogP contribution in [0.15, 0.2) is 200 Å². The first kappa shape index (κ1) is 50.8. The Hall–Kier alpha value is -8.75. The summed E-state index contributed by atoms with van der Waals surface area (Å²) in [5.74, 6) is 1.22. The van der Waals surface area contributed by atoms with Crippen molar-refractivity contribution in [3.8, 4) is 28.7 Å². The molecule has 13 heteroatoms. The maximum Gasteiger partial charge on any atom is 0.263 e. The zero-order chi connectivity index (χ0) is 52.8. The number of hydrogen-bond acceptors (Lipinski definition) is 11. The molecule has 8 aromatic carbocycles. The van der Waals surface area contributed by atoms with Gasteiger partial charge >= 0.3 is 0 Å². The summed E-state index contributed by atoms with van der Waals surface area (Å²) in [6.45, 7) is -0.462. The summed E-state index contributed by atoms with van der Waals surface area (Å²) < 4.78 is 42.1. The van der Waals surface area contributed by atoms with Crippen LogP contribution in [0.25, 0.3) is 0 Å². The lowest BCUT2D eigenvalue weighted by Gasteiger charge is -2.42. The topological polar surface area (TPSA) is 151 Å². The van der Waals surface area contributed by atoms with Crippen LogP contribution < -0.4 is 29.0 Å². The van der Waals surface area contributed by atoms with E-state index in [0.29, 0.717) is 51.0 Å². The molecule has 10 rings (SSSR count).